The normalized spacial score (nSPS) is 25.0. The Morgan fingerprint density at radius 1 is 0.317 bits per heavy atom. The van der Waals surface area contributed by atoms with Crippen molar-refractivity contribution in [3.8, 4) is 0 Å². The van der Waals surface area contributed by atoms with Crippen molar-refractivity contribution in [3.63, 3.8) is 0 Å². The Balaban J connectivity index is 1.43. The molecule has 0 radical (unpaired) electrons. The number of nitrogens with zero attached hydrogens (tertiary/aromatic N) is 1. The van der Waals surface area contributed by atoms with Gasteiger partial charge in [0.2, 0.25) is 41.4 Å². The quantitative estimate of drug-likeness (QED) is 0.0260. The molecule has 4 aliphatic rings. The van der Waals surface area contributed by atoms with Crippen LogP contribution in [0, 0.1) is 5.92 Å². The number of hydrogen-bond acceptors (Lipinski definition) is 35. The summed E-state index contributed by atoms with van der Waals surface area (Å²) in [6, 6.07) is -3.46. The number of carbonyl (C=O) groups is 17. The summed E-state index contributed by atoms with van der Waals surface area (Å²) in [5.41, 5.74) is 0. The summed E-state index contributed by atoms with van der Waals surface area (Å²) in [4.78, 5) is 213. The number of nitrogens with one attached hydrogen (secondary N) is 6. The third-order valence-electron chi connectivity index (χ3n) is 20.0. The maximum Gasteiger partial charge on any atom is 0.303 e. The lowest BCUT2D eigenvalue weighted by Crippen LogP contribution is -2.66. The lowest BCUT2D eigenvalue weighted by molar-refractivity contribution is -0.277. The van der Waals surface area contributed by atoms with Crippen molar-refractivity contribution in [1.29, 1.82) is 0 Å². The predicted octanol–water partition coefficient (Wildman–Crippen LogP) is 1.87. The summed E-state index contributed by atoms with van der Waals surface area (Å²) >= 11 is 0. The summed E-state index contributed by atoms with van der Waals surface area (Å²) in [7, 11) is 1.67. The fourth-order valence-corrected chi connectivity index (χ4v) is 14.6. The molecule has 7 N–H and O–H groups in total. The number of unbranched alkanes of at least 4 members (excludes halogenated alkanes) is 8. The van der Waals surface area contributed by atoms with Crippen LogP contribution < -0.4 is 31.9 Å². The first-order chi connectivity index (χ1) is 59.8. The minimum Gasteiger partial charge on any atom is -0.481 e. The SMILES string of the molecule is CC(=O)N[C@H]1[C@H](OCCCCCC(=O)NCCCOC2[C@H](OCCCNC(=O)CCCCCO[C@@H]3O[C@H](COC(C)=O)[C@H](OC(C)=O)[C@H](OC(C)=O)[C@H]3NC(C)=O)CC(C(=O)N(C)CCCCCC(=O)O)C[C@H]2OCCCNC(=O)CCCCCO[C@@H]2O[C@H](COC(C)=O)[C@H](OC(C)=O)[C@H](OC(C)=O)[C@H]2NC(C)=O)O[C@H](COC(C)=O)[C@H](OC(C)=O)[C@@H]1OC(C)=O. The zero-order chi connectivity index (χ0) is 93.4. The van der Waals surface area contributed by atoms with Crippen LogP contribution in [0.4, 0.5) is 0 Å². The first-order valence-corrected chi connectivity index (χ1v) is 43.0. The van der Waals surface area contributed by atoms with Gasteiger partial charge in [0.05, 0.1) is 12.2 Å². The summed E-state index contributed by atoms with van der Waals surface area (Å²) in [5, 5.41) is 25.9. The monoisotopic (exact) mass is 1800 g/mol. The van der Waals surface area contributed by atoms with E-state index >= 15 is 0 Å². The fraction of sp³-hybridized carbons (Fsp3) is 0.795. The van der Waals surface area contributed by atoms with Crippen LogP contribution in [0.15, 0.2) is 0 Å². The van der Waals surface area contributed by atoms with Crippen LogP contribution in [0.3, 0.4) is 0 Å². The van der Waals surface area contributed by atoms with Crippen LogP contribution in [-0.4, -0.2) is 314 Å². The van der Waals surface area contributed by atoms with E-state index in [1.54, 1.807) is 11.9 Å². The number of ether oxygens (including phenoxy) is 18. The van der Waals surface area contributed by atoms with E-state index in [0.29, 0.717) is 103 Å². The van der Waals surface area contributed by atoms with Crippen molar-refractivity contribution >= 4 is 101 Å². The highest BCUT2D eigenvalue weighted by atomic mass is 16.7. The van der Waals surface area contributed by atoms with E-state index in [-0.39, 0.29) is 121 Å². The van der Waals surface area contributed by atoms with E-state index in [0.717, 1.165) is 41.5 Å². The predicted molar refractivity (Wildman–Crippen MR) is 434 cm³/mol. The summed E-state index contributed by atoms with van der Waals surface area (Å²) in [6.45, 7) is 14.1. The van der Waals surface area contributed by atoms with Crippen LogP contribution in [0.5, 0.6) is 0 Å². The molecule has 43 heteroatoms. The molecule has 43 nitrogen and oxygen atoms in total. The zero-order valence-corrected chi connectivity index (χ0v) is 74.7. The van der Waals surface area contributed by atoms with Crippen molar-refractivity contribution in [2.24, 2.45) is 5.92 Å². The second-order valence-electron chi connectivity index (χ2n) is 31.1. The Bertz CT molecular complexity index is 3360. The fourth-order valence-electron chi connectivity index (χ4n) is 14.6. The van der Waals surface area contributed by atoms with Gasteiger partial charge in [-0.1, -0.05) is 25.7 Å². The van der Waals surface area contributed by atoms with E-state index in [9.17, 15) is 86.6 Å². The summed E-state index contributed by atoms with van der Waals surface area (Å²) in [5.74, 6) is -10.7. The highest BCUT2D eigenvalue weighted by Crippen LogP contribution is 2.35. The average molecular weight is 1800 g/mol. The number of carboxylic acid groups (broad SMARTS) is 1. The second kappa shape index (κ2) is 59.6. The molecule has 4 rings (SSSR count). The zero-order valence-electron chi connectivity index (χ0n) is 74.7. The van der Waals surface area contributed by atoms with Crippen molar-refractivity contribution in [1.82, 2.24) is 36.8 Å². The second-order valence-corrected chi connectivity index (χ2v) is 31.1. The molecule has 0 aromatic carbocycles. The molecular weight excluding hydrogens is 1670 g/mol. The van der Waals surface area contributed by atoms with E-state index in [2.05, 4.69) is 31.9 Å². The van der Waals surface area contributed by atoms with Gasteiger partial charge in [0.1, 0.15) is 62.4 Å². The molecule has 716 valence electrons. The van der Waals surface area contributed by atoms with Gasteiger partial charge in [-0.25, -0.2) is 0 Å². The van der Waals surface area contributed by atoms with Crippen molar-refractivity contribution in [3.05, 3.63) is 0 Å². The molecule has 126 heavy (non-hydrogen) atoms. The van der Waals surface area contributed by atoms with Gasteiger partial charge in [-0.15, -0.1) is 0 Å². The number of hydrogen-bond donors (Lipinski definition) is 7. The Hall–Kier alpha value is -9.37. The number of carboxylic acids is 1. The smallest absolute Gasteiger partial charge is 0.303 e. The molecule has 3 heterocycles. The summed E-state index contributed by atoms with van der Waals surface area (Å²) in [6.07, 6.45) is -9.95. The van der Waals surface area contributed by atoms with Gasteiger partial charge in [0.15, 0.2) is 55.5 Å². The van der Waals surface area contributed by atoms with Gasteiger partial charge in [0, 0.05) is 188 Å². The Kier molecular flexibility index (Phi) is 51.6. The minimum atomic E-state index is -1.30. The third-order valence-corrected chi connectivity index (χ3v) is 20.0. The third kappa shape index (κ3) is 43.4. The Labute approximate surface area is 733 Å². The minimum absolute atomic E-state index is 0.0142. The molecule has 17 atom stereocenters. The van der Waals surface area contributed by atoms with Gasteiger partial charge < -0.3 is 127 Å². The van der Waals surface area contributed by atoms with Gasteiger partial charge in [-0.2, -0.15) is 0 Å². The first kappa shape index (κ1) is 109. The van der Waals surface area contributed by atoms with Crippen molar-refractivity contribution < 1.29 is 172 Å². The van der Waals surface area contributed by atoms with Gasteiger partial charge in [0.25, 0.3) is 0 Å². The molecule has 1 saturated carbocycles. The molecule has 3 aliphatic heterocycles. The molecule has 0 unspecified atom stereocenters. The molecule has 4 fully saturated rings. The van der Waals surface area contributed by atoms with Gasteiger partial charge in [-0.3, -0.25) is 81.5 Å². The van der Waals surface area contributed by atoms with Gasteiger partial charge in [-0.05, 0) is 83.5 Å². The van der Waals surface area contributed by atoms with E-state index < -0.39 is 213 Å². The van der Waals surface area contributed by atoms with Crippen molar-refractivity contribution in [2.75, 3.05) is 92.7 Å². The standard InChI is InChI=1S/C83H133N7O36/c1-48(91)87-70-77(121-57(10)100)74(118-54(7)97)63(45-115-51(4)94)124-81(70)112-37-23-15-18-29-66(103)84-33-26-40-109-61-43-60(80(108)90(13)36-22-14-21-32-69(106)107)44-62(110-41-27-34-85-67(104)30-19-16-24-38-113-82-71(88-49(2)92)78(122-58(11)101)75(119-55(8)98)64(125-82)46-116-52(5)95)73(61)111-42-28-35-86-68(105)31-20-17-25-39-114-83-72(89-50(3)93)79(123-59(12)102)76(120-56(9)99)65(126-83)47-117-53(6)96/h60-65,70-79,81-83H,14-47H2,1-13H3,(H,84,103)(H,85,104)(H,86,105)(H,87,91)(H,88,92)(H,89,93)(H,106,107)/t60?,61-,62-,63-,64-,65-,70-,71-,72-,73?,74+,75+,76+,77-,78-,79-,81-,82-,83-/m1/s1. The van der Waals surface area contributed by atoms with Crippen molar-refractivity contribution in [2.45, 2.75) is 328 Å². The lowest BCUT2D eigenvalue weighted by atomic mass is 9.82. The number of rotatable bonds is 58. The van der Waals surface area contributed by atoms with E-state index in [1.807, 2.05) is 0 Å². The Morgan fingerprint density at radius 3 is 0.881 bits per heavy atom. The lowest BCUT2D eigenvalue weighted by Gasteiger charge is -2.44. The Morgan fingerprint density at radius 2 is 0.595 bits per heavy atom. The molecule has 1 aliphatic carbocycles. The molecule has 0 spiro atoms. The highest BCUT2D eigenvalue weighted by Gasteiger charge is 2.55. The maximum absolute atomic E-state index is 14.4. The molecule has 0 bridgehead atoms. The molecule has 0 aromatic heterocycles. The number of aliphatic carboxylic acids is 1. The molecule has 0 aromatic rings. The summed E-state index contributed by atoms with van der Waals surface area (Å²) < 4.78 is 105. The number of carbonyl (C=O) groups excluding carboxylic acids is 16. The largest absolute Gasteiger partial charge is 0.481 e. The van der Waals surface area contributed by atoms with Crippen LogP contribution in [-0.2, 0) is 167 Å². The van der Waals surface area contributed by atoms with Gasteiger partial charge >= 0.3 is 59.7 Å². The molecular formula is C83H133N7O36. The first-order valence-electron chi connectivity index (χ1n) is 43.0. The van der Waals surface area contributed by atoms with Crippen LogP contribution >= 0.6 is 0 Å². The van der Waals surface area contributed by atoms with E-state index in [1.165, 1.54) is 41.5 Å². The number of esters is 9. The highest BCUT2D eigenvalue weighted by molar-refractivity contribution is 5.80. The number of amides is 7. The van der Waals surface area contributed by atoms with Crippen LogP contribution in [0.2, 0.25) is 0 Å². The van der Waals surface area contributed by atoms with Crippen LogP contribution in [0.1, 0.15) is 218 Å². The maximum atomic E-state index is 14.4. The topological polar surface area (TPSA) is 552 Å². The average Bonchev–Trinajstić information content (AvgIpc) is 0.782. The van der Waals surface area contributed by atoms with Crippen LogP contribution in [0.25, 0.3) is 0 Å². The molecule has 3 saturated heterocycles. The van der Waals surface area contributed by atoms with E-state index in [4.69, 9.17) is 85.3 Å². The molecule has 7 amide bonds.